The average Bonchev–Trinajstić information content (AvgIpc) is 1.81. The maximum Gasteiger partial charge on any atom is 0.244 e. The molecule has 0 amide bonds. The Kier molecular flexibility index (Phi) is 5.20. The van der Waals surface area contributed by atoms with Crippen molar-refractivity contribution >= 4 is 0 Å². The highest BCUT2D eigenvalue weighted by Gasteiger charge is 2.28. The molecule has 0 aromatic carbocycles. The van der Waals surface area contributed by atoms with Gasteiger partial charge >= 0.3 is 0 Å². The van der Waals surface area contributed by atoms with Crippen LogP contribution in [0.1, 0.15) is 19.8 Å². The fourth-order valence-electron chi connectivity index (χ4n) is 0.695. The molecule has 0 rings (SSSR count). The van der Waals surface area contributed by atoms with Gasteiger partial charge in [-0.05, 0) is 6.92 Å². The van der Waals surface area contributed by atoms with E-state index in [0.29, 0.717) is 0 Å². The minimum Gasteiger partial charge on any atom is -0.346 e. The molecule has 1 nitrogen and oxygen atoms in total. The van der Waals surface area contributed by atoms with Gasteiger partial charge in [0.15, 0.2) is 0 Å². The molecule has 0 spiro atoms. The predicted molar refractivity (Wildman–Crippen MR) is 36.7 cm³/mol. The maximum absolute atomic E-state index is 12.8. The molecule has 0 aliphatic carbocycles. The summed E-state index contributed by atoms with van der Waals surface area (Å²) in [5.74, 6) is -2.52. The van der Waals surface area contributed by atoms with Gasteiger partial charge in [-0.3, -0.25) is 0 Å². The second-order valence-corrected chi connectivity index (χ2v) is 2.73. The van der Waals surface area contributed by atoms with Crippen molar-refractivity contribution in [2.45, 2.75) is 38.5 Å². The maximum atomic E-state index is 12.8. The number of hydrogen-bond donors (Lipinski definition) is 0. The predicted octanol–water partition coefficient (Wildman–Crippen LogP) is 3.00. The SMILES string of the molecule is CC(F)(CC(F)F)OCCC(F)F. The van der Waals surface area contributed by atoms with Gasteiger partial charge in [0.05, 0.1) is 13.0 Å². The minimum atomic E-state index is -2.85. The van der Waals surface area contributed by atoms with Crippen LogP contribution in [0.3, 0.4) is 0 Å². The van der Waals surface area contributed by atoms with Gasteiger partial charge in [-0.25, -0.2) is 22.0 Å². The summed E-state index contributed by atoms with van der Waals surface area (Å²) in [4.78, 5) is 0. The molecule has 1 atom stereocenters. The zero-order valence-electron chi connectivity index (χ0n) is 7.07. The molecule has 0 radical (unpaired) electrons. The molecule has 0 saturated heterocycles. The second-order valence-electron chi connectivity index (χ2n) is 2.73. The number of rotatable bonds is 6. The summed E-state index contributed by atoms with van der Waals surface area (Å²) < 4.78 is 63.4. The van der Waals surface area contributed by atoms with Crippen LogP contribution in [0.4, 0.5) is 22.0 Å². The minimum absolute atomic E-state index is 0.558. The quantitative estimate of drug-likeness (QED) is 0.607. The third-order valence-corrected chi connectivity index (χ3v) is 1.26. The summed E-state index contributed by atoms with van der Waals surface area (Å²) in [5.41, 5.74) is 0. The summed E-state index contributed by atoms with van der Waals surface area (Å²) in [6.45, 7) is 0.238. The number of halogens is 5. The molecule has 0 N–H and O–H groups in total. The molecule has 6 heteroatoms. The molecule has 0 aromatic heterocycles. The van der Waals surface area contributed by atoms with Crippen molar-refractivity contribution in [2.24, 2.45) is 0 Å². The third kappa shape index (κ3) is 7.95. The van der Waals surface area contributed by atoms with E-state index in [4.69, 9.17) is 0 Å². The van der Waals surface area contributed by atoms with E-state index in [1.54, 1.807) is 0 Å². The van der Waals surface area contributed by atoms with Gasteiger partial charge in [0.2, 0.25) is 18.7 Å². The molecule has 0 aliphatic heterocycles. The summed E-state index contributed by atoms with van der Waals surface area (Å²) in [6, 6.07) is 0. The highest BCUT2D eigenvalue weighted by Crippen LogP contribution is 2.22. The Hall–Kier alpha value is -0.390. The Balaban J connectivity index is 3.62. The van der Waals surface area contributed by atoms with Gasteiger partial charge in [-0.2, -0.15) is 0 Å². The van der Waals surface area contributed by atoms with Gasteiger partial charge in [-0.1, -0.05) is 0 Å². The summed E-state index contributed by atoms with van der Waals surface area (Å²) >= 11 is 0. The Labute approximate surface area is 72.9 Å². The lowest BCUT2D eigenvalue weighted by molar-refractivity contribution is -0.160. The monoisotopic (exact) mass is 206 g/mol. The molecule has 0 aromatic rings. The molecular formula is C7H11F5O. The van der Waals surface area contributed by atoms with Crippen molar-refractivity contribution in [3.63, 3.8) is 0 Å². The number of hydrogen-bond acceptors (Lipinski definition) is 1. The van der Waals surface area contributed by atoms with Crippen LogP contribution in [0.2, 0.25) is 0 Å². The van der Waals surface area contributed by atoms with Gasteiger partial charge in [0.25, 0.3) is 0 Å². The fourth-order valence-corrected chi connectivity index (χ4v) is 0.695. The smallest absolute Gasteiger partial charge is 0.244 e. The van der Waals surface area contributed by atoms with Crippen molar-refractivity contribution < 1.29 is 26.7 Å². The first kappa shape index (κ1) is 12.6. The lowest BCUT2D eigenvalue weighted by Gasteiger charge is -2.20. The standard InChI is InChI=1S/C7H11F5O/c1-7(12,4-6(10)11)13-3-2-5(8)9/h5-6H,2-4H2,1H3. The van der Waals surface area contributed by atoms with Crippen molar-refractivity contribution in [3.05, 3.63) is 0 Å². The van der Waals surface area contributed by atoms with Crippen LogP contribution in [-0.4, -0.2) is 25.3 Å². The first-order valence-electron chi connectivity index (χ1n) is 3.72. The fraction of sp³-hybridized carbons (Fsp3) is 1.00. The Morgan fingerprint density at radius 2 is 1.69 bits per heavy atom. The molecule has 1 unspecified atom stereocenters. The highest BCUT2D eigenvalue weighted by molar-refractivity contribution is 4.62. The van der Waals surface area contributed by atoms with Crippen molar-refractivity contribution in [1.29, 1.82) is 0 Å². The van der Waals surface area contributed by atoms with Gasteiger partial charge in [0.1, 0.15) is 0 Å². The van der Waals surface area contributed by atoms with Crippen LogP contribution in [0.15, 0.2) is 0 Å². The van der Waals surface area contributed by atoms with Crippen LogP contribution in [-0.2, 0) is 4.74 Å². The third-order valence-electron chi connectivity index (χ3n) is 1.26. The Bertz CT molecular complexity index is 137. The van der Waals surface area contributed by atoms with E-state index >= 15 is 0 Å². The Morgan fingerprint density at radius 3 is 2.08 bits per heavy atom. The lowest BCUT2D eigenvalue weighted by Crippen LogP contribution is -2.26. The Morgan fingerprint density at radius 1 is 1.15 bits per heavy atom. The van der Waals surface area contributed by atoms with Crippen LogP contribution in [0.5, 0.6) is 0 Å². The summed E-state index contributed by atoms with van der Waals surface area (Å²) in [7, 11) is 0. The zero-order chi connectivity index (χ0) is 10.5. The van der Waals surface area contributed by atoms with Gasteiger partial charge < -0.3 is 4.74 Å². The largest absolute Gasteiger partial charge is 0.346 e. The van der Waals surface area contributed by atoms with E-state index < -0.39 is 38.2 Å². The first-order valence-corrected chi connectivity index (χ1v) is 3.72. The molecule has 0 heterocycles. The van der Waals surface area contributed by atoms with Crippen LogP contribution >= 0.6 is 0 Å². The number of alkyl halides is 5. The lowest BCUT2D eigenvalue weighted by atomic mass is 10.2. The molecule has 0 bridgehead atoms. The topological polar surface area (TPSA) is 9.23 Å². The van der Waals surface area contributed by atoms with E-state index in [-0.39, 0.29) is 0 Å². The summed E-state index contributed by atoms with van der Waals surface area (Å²) in [5, 5.41) is 0. The molecule has 0 aliphatic rings. The van der Waals surface area contributed by atoms with Crippen molar-refractivity contribution in [2.75, 3.05) is 6.61 Å². The molecular weight excluding hydrogens is 195 g/mol. The highest BCUT2D eigenvalue weighted by atomic mass is 19.3. The molecule has 80 valence electrons. The molecule has 0 saturated carbocycles. The van der Waals surface area contributed by atoms with Gasteiger partial charge in [-0.15, -0.1) is 0 Å². The average molecular weight is 206 g/mol. The first-order chi connectivity index (χ1) is 5.83. The van der Waals surface area contributed by atoms with Gasteiger partial charge in [0, 0.05) is 6.42 Å². The van der Waals surface area contributed by atoms with E-state index in [1.807, 2.05) is 0 Å². The normalized spacial score (nSPS) is 16.6. The van der Waals surface area contributed by atoms with Crippen molar-refractivity contribution in [1.82, 2.24) is 0 Å². The van der Waals surface area contributed by atoms with Crippen LogP contribution in [0, 0.1) is 0 Å². The van der Waals surface area contributed by atoms with Crippen LogP contribution in [0.25, 0.3) is 0 Å². The van der Waals surface area contributed by atoms with E-state index in [9.17, 15) is 22.0 Å². The molecule has 0 fully saturated rings. The summed E-state index contributed by atoms with van der Waals surface area (Å²) in [6.07, 6.45) is -7.21. The van der Waals surface area contributed by atoms with E-state index in [1.165, 1.54) is 0 Å². The second kappa shape index (κ2) is 5.36. The van der Waals surface area contributed by atoms with Crippen LogP contribution < -0.4 is 0 Å². The molecule has 13 heavy (non-hydrogen) atoms. The van der Waals surface area contributed by atoms with E-state index in [2.05, 4.69) is 4.74 Å². The van der Waals surface area contributed by atoms with E-state index in [0.717, 1.165) is 6.92 Å². The zero-order valence-corrected chi connectivity index (χ0v) is 7.07. The number of ether oxygens (including phenoxy) is 1. The van der Waals surface area contributed by atoms with Crippen molar-refractivity contribution in [3.8, 4) is 0 Å².